The van der Waals surface area contributed by atoms with Crippen molar-refractivity contribution in [3.8, 4) is 5.75 Å². The molecule has 1 heterocycles. The first-order valence-corrected chi connectivity index (χ1v) is 11.5. The third-order valence-electron chi connectivity index (χ3n) is 7.18. The lowest BCUT2D eigenvalue weighted by atomic mass is 9.85. The van der Waals surface area contributed by atoms with Crippen molar-refractivity contribution < 1.29 is 14.6 Å². The Morgan fingerprint density at radius 2 is 1.97 bits per heavy atom. The lowest BCUT2D eigenvalue weighted by molar-refractivity contribution is -0.147. The number of carboxylic acid groups (broad SMARTS) is 1. The van der Waals surface area contributed by atoms with E-state index in [-0.39, 0.29) is 5.92 Å². The standard InChI is InChI=1S/C25H35NO3/c1-18-21(15-26-16-22(17-26)25(27)28)10-9-20-14-23(11-12-24(18)20)29-13-5-8-19-6-3-2-4-7-19/h11-12,14,19,22H,2-10,13,15-17H2,1H3,(H,27,28). The van der Waals surface area contributed by atoms with Gasteiger partial charge in [0.05, 0.1) is 12.5 Å². The summed E-state index contributed by atoms with van der Waals surface area (Å²) in [5, 5.41) is 9.06. The molecule has 158 valence electrons. The van der Waals surface area contributed by atoms with E-state index in [1.165, 1.54) is 60.8 Å². The Hall–Kier alpha value is -1.81. The van der Waals surface area contributed by atoms with E-state index in [2.05, 4.69) is 30.0 Å². The number of hydrogen-bond donors (Lipinski definition) is 1. The topological polar surface area (TPSA) is 49.8 Å². The summed E-state index contributed by atoms with van der Waals surface area (Å²) in [4.78, 5) is 13.3. The fourth-order valence-electron chi connectivity index (χ4n) is 5.26. The van der Waals surface area contributed by atoms with Gasteiger partial charge in [0.25, 0.3) is 0 Å². The average molecular weight is 398 g/mol. The van der Waals surface area contributed by atoms with Gasteiger partial charge in [-0.3, -0.25) is 9.69 Å². The third-order valence-corrected chi connectivity index (χ3v) is 7.18. The molecule has 4 rings (SSSR count). The van der Waals surface area contributed by atoms with Crippen molar-refractivity contribution in [1.29, 1.82) is 0 Å². The van der Waals surface area contributed by atoms with Crippen LogP contribution in [0.25, 0.3) is 5.57 Å². The van der Waals surface area contributed by atoms with E-state index in [1.54, 1.807) is 0 Å². The van der Waals surface area contributed by atoms with Crippen LogP contribution >= 0.6 is 0 Å². The second kappa shape index (κ2) is 9.34. The number of aliphatic carboxylic acids is 1. The number of rotatable bonds is 8. The summed E-state index contributed by atoms with van der Waals surface area (Å²) < 4.78 is 6.07. The predicted molar refractivity (Wildman–Crippen MR) is 116 cm³/mol. The number of nitrogens with zero attached hydrogens (tertiary/aromatic N) is 1. The number of hydrogen-bond acceptors (Lipinski definition) is 3. The van der Waals surface area contributed by atoms with Gasteiger partial charge >= 0.3 is 5.97 Å². The normalized spacial score (nSPS) is 21.0. The zero-order valence-electron chi connectivity index (χ0n) is 17.8. The van der Waals surface area contributed by atoms with Crippen LogP contribution in [-0.4, -0.2) is 42.2 Å². The SMILES string of the molecule is CC1=C(CN2CC(C(=O)O)C2)CCc2cc(OCCCC3CCCCC3)ccc21. The quantitative estimate of drug-likeness (QED) is 0.616. The molecule has 0 unspecified atom stereocenters. The summed E-state index contributed by atoms with van der Waals surface area (Å²) in [7, 11) is 0. The number of allylic oxidation sites excluding steroid dienone is 1. The van der Waals surface area contributed by atoms with Crippen LogP contribution in [0, 0.1) is 11.8 Å². The molecule has 1 aliphatic heterocycles. The molecule has 1 saturated heterocycles. The number of carboxylic acids is 1. The van der Waals surface area contributed by atoms with Gasteiger partial charge < -0.3 is 9.84 Å². The van der Waals surface area contributed by atoms with Gasteiger partial charge in [0.2, 0.25) is 0 Å². The molecule has 1 aromatic rings. The smallest absolute Gasteiger partial charge is 0.309 e. The van der Waals surface area contributed by atoms with Crippen LogP contribution in [0.4, 0.5) is 0 Å². The Kier molecular flexibility index (Phi) is 6.59. The van der Waals surface area contributed by atoms with Crippen LogP contribution in [-0.2, 0) is 11.2 Å². The number of benzene rings is 1. The van der Waals surface area contributed by atoms with Gasteiger partial charge in [0, 0.05) is 19.6 Å². The second-order valence-electron chi connectivity index (χ2n) is 9.27. The highest BCUT2D eigenvalue weighted by molar-refractivity contribution is 5.73. The Morgan fingerprint density at radius 1 is 1.17 bits per heavy atom. The minimum Gasteiger partial charge on any atom is -0.494 e. The summed E-state index contributed by atoms with van der Waals surface area (Å²) in [6.45, 7) is 5.33. The van der Waals surface area contributed by atoms with Gasteiger partial charge in [-0.25, -0.2) is 0 Å². The van der Waals surface area contributed by atoms with Gasteiger partial charge in [-0.05, 0) is 67.4 Å². The highest BCUT2D eigenvalue weighted by atomic mass is 16.5. The van der Waals surface area contributed by atoms with E-state index in [9.17, 15) is 4.79 Å². The Balaban J connectivity index is 1.28. The van der Waals surface area contributed by atoms with Gasteiger partial charge in [-0.15, -0.1) is 0 Å². The van der Waals surface area contributed by atoms with Crippen molar-refractivity contribution in [2.75, 3.05) is 26.2 Å². The minimum atomic E-state index is -0.660. The van der Waals surface area contributed by atoms with E-state index in [0.29, 0.717) is 13.1 Å². The maximum Gasteiger partial charge on any atom is 0.309 e. The van der Waals surface area contributed by atoms with E-state index >= 15 is 0 Å². The molecule has 1 N–H and O–H groups in total. The zero-order valence-corrected chi connectivity index (χ0v) is 17.8. The number of fused-ring (bicyclic) bond motifs is 1. The molecule has 2 aliphatic carbocycles. The average Bonchev–Trinajstić information content (AvgIpc) is 2.69. The summed E-state index contributed by atoms with van der Waals surface area (Å²) in [5.41, 5.74) is 5.57. The van der Waals surface area contributed by atoms with Crippen molar-refractivity contribution in [2.24, 2.45) is 11.8 Å². The summed E-state index contributed by atoms with van der Waals surface area (Å²) in [6, 6.07) is 6.58. The van der Waals surface area contributed by atoms with Crippen molar-refractivity contribution >= 4 is 11.5 Å². The van der Waals surface area contributed by atoms with Gasteiger partial charge in [-0.2, -0.15) is 0 Å². The van der Waals surface area contributed by atoms with Crippen LogP contribution in [0.15, 0.2) is 23.8 Å². The molecule has 1 aromatic carbocycles. The van der Waals surface area contributed by atoms with E-state index in [0.717, 1.165) is 44.1 Å². The number of ether oxygens (including phenoxy) is 1. The molecule has 0 aromatic heterocycles. The Labute approximate surface area is 174 Å². The fourth-order valence-corrected chi connectivity index (χ4v) is 5.26. The lowest BCUT2D eigenvalue weighted by Gasteiger charge is -2.38. The van der Waals surface area contributed by atoms with Crippen LogP contribution < -0.4 is 4.74 Å². The number of aryl methyl sites for hydroxylation is 1. The first-order valence-electron chi connectivity index (χ1n) is 11.5. The molecule has 0 bridgehead atoms. The molecule has 0 radical (unpaired) electrons. The Bertz CT molecular complexity index is 757. The van der Waals surface area contributed by atoms with Gasteiger partial charge in [-0.1, -0.05) is 43.7 Å². The molecule has 2 fully saturated rings. The van der Waals surface area contributed by atoms with Crippen molar-refractivity contribution in [2.45, 2.75) is 64.7 Å². The summed E-state index contributed by atoms with van der Waals surface area (Å²) in [6.07, 6.45) is 11.7. The molecule has 4 nitrogen and oxygen atoms in total. The Morgan fingerprint density at radius 3 is 2.72 bits per heavy atom. The monoisotopic (exact) mass is 397 g/mol. The van der Waals surface area contributed by atoms with Crippen LogP contribution in [0.2, 0.25) is 0 Å². The molecular formula is C25H35NO3. The first kappa shape index (κ1) is 20.5. The molecule has 0 atom stereocenters. The highest BCUT2D eigenvalue weighted by Gasteiger charge is 2.33. The van der Waals surface area contributed by atoms with Gasteiger partial charge in [0.15, 0.2) is 0 Å². The molecule has 3 aliphatic rings. The van der Waals surface area contributed by atoms with Crippen LogP contribution in [0.3, 0.4) is 0 Å². The zero-order chi connectivity index (χ0) is 20.2. The second-order valence-corrected chi connectivity index (χ2v) is 9.27. The first-order chi connectivity index (χ1) is 14.1. The third kappa shape index (κ3) is 5.03. The largest absolute Gasteiger partial charge is 0.494 e. The van der Waals surface area contributed by atoms with Crippen molar-refractivity contribution in [1.82, 2.24) is 4.90 Å². The van der Waals surface area contributed by atoms with Crippen molar-refractivity contribution in [3.63, 3.8) is 0 Å². The van der Waals surface area contributed by atoms with Gasteiger partial charge in [0.1, 0.15) is 5.75 Å². The van der Waals surface area contributed by atoms with Crippen molar-refractivity contribution in [3.05, 3.63) is 34.9 Å². The predicted octanol–water partition coefficient (Wildman–Crippen LogP) is 5.16. The maximum absolute atomic E-state index is 11.0. The van der Waals surface area contributed by atoms with E-state index in [1.807, 2.05) is 0 Å². The molecular weight excluding hydrogens is 362 g/mol. The number of carbonyl (C=O) groups is 1. The molecule has 1 saturated carbocycles. The molecule has 0 spiro atoms. The maximum atomic E-state index is 11.0. The number of likely N-dealkylation sites (tertiary alicyclic amines) is 1. The molecule has 0 amide bonds. The van der Waals surface area contributed by atoms with Crippen LogP contribution in [0.5, 0.6) is 5.75 Å². The summed E-state index contributed by atoms with van der Waals surface area (Å²) >= 11 is 0. The van der Waals surface area contributed by atoms with Crippen LogP contribution in [0.1, 0.15) is 69.4 Å². The molecule has 29 heavy (non-hydrogen) atoms. The summed E-state index contributed by atoms with van der Waals surface area (Å²) in [5.74, 6) is 1.10. The van der Waals surface area contributed by atoms with E-state index in [4.69, 9.17) is 9.84 Å². The molecule has 4 heteroatoms. The fraction of sp³-hybridized carbons (Fsp3) is 0.640. The minimum absolute atomic E-state index is 0.176. The lowest BCUT2D eigenvalue weighted by Crippen LogP contribution is -2.50. The highest BCUT2D eigenvalue weighted by Crippen LogP contribution is 2.34. The van der Waals surface area contributed by atoms with E-state index < -0.39 is 5.97 Å².